The summed E-state index contributed by atoms with van der Waals surface area (Å²) in [5.41, 5.74) is 1.08. The number of nitrogens with zero attached hydrogens (tertiary/aromatic N) is 3. The van der Waals surface area contributed by atoms with E-state index in [0.717, 1.165) is 37.0 Å². The molecule has 0 fully saturated rings. The normalized spacial score (nSPS) is 11.7. The van der Waals surface area contributed by atoms with E-state index in [1.54, 1.807) is 12.3 Å². The fourth-order valence-electron chi connectivity index (χ4n) is 1.70. The molecule has 1 heterocycles. The van der Waals surface area contributed by atoms with Gasteiger partial charge >= 0.3 is 0 Å². The molecule has 1 aromatic heterocycles. The zero-order chi connectivity index (χ0) is 16.4. The van der Waals surface area contributed by atoms with Crippen molar-refractivity contribution in [3.8, 4) is 0 Å². The van der Waals surface area contributed by atoms with Gasteiger partial charge in [0.15, 0.2) is 0 Å². The van der Waals surface area contributed by atoms with Crippen LogP contribution in [0.15, 0.2) is 29.6 Å². The van der Waals surface area contributed by atoms with Gasteiger partial charge in [-0.3, -0.25) is 10.1 Å². The Labute approximate surface area is 140 Å². The second kappa shape index (κ2) is 10.4. The summed E-state index contributed by atoms with van der Waals surface area (Å²) in [6.45, 7) is 4.21. The molecule has 0 aliphatic rings. The number of hydrogen-bond acceptors (Lipinski definition) is 6. The molecule has 0 saturated heterocycles. The van der Waals surface area contributed by atoms with Gasteiger partial charge in [0.05, 0.1) is 4.92 Å². The average molecular weight is 345 g/mol. The molecule has 0 aromatic carbocycles. The number of halogens is 1. The van der Waals surface area contributed by atoms with Crippen LogP contribution in [0.5, 0.6) is 0 Å². The Morgan fingerprint density at radius 1 is 1.59 bits per heavy atom. The molecule has 0 amide bonds. The molecular formula is C14H21ClN4O2S. The van der Waals surface area contributed by atoms with Gasteiger partial charge in [0.1, 0.15) is 10.2 Å². The number of likely N-dealkylation sites (N-methyl/N-ethyl adjacent to an activating group) is 1. The summed E-state index contributed by atoms with van der Waals surface area (Å²) in [4.78, 5) is 16.3. The lowest BCUT2D eigenvalue weighted by Crippen LogP contribution is -2.28. The Hall–Kier alpha value is -1.31. The summed E-state index contributed by atoms with van der Waals surface area (Å²) < 4.78 is 0. The SMILES string of the molecule is CCCSC(=C[N+](=O)[O-])NCCN(C)Cc1ccc(Cl)nc1. The zero-order valence-corrected chi connectivity index (χ0v) is 14.4. The van der Waals surface area contributed by atoms with Gasteiger partial charge < -0.3 is 10.2 Å². The minimum atomic E-state index is -0.423. The summed E-state index contributed by atoms with van der Waals surface area (Å²) in [6.07, 6.45) is 3.76. The van der Waals surface area contributed by atoms with Crippen LogP contribution in [0, 0.1) is 10.1 Å². The lowest BCUT2D eigenvalue weighted by Gasteiger charge is -2.17. The molecule has 8 heteroatoms. The van der Waals surface area contributed by atoms with E-state index in [9.17, 15) is 10.1 Å². The van der Waals surface area contributed by atoms with Gasteiger partial charge in [-0.15, -0.1) is 11.8 Å². The van der Waals surface area contributed by atoms with Crippen molar-refractivity contribution in [3.63, 3.8) is 0 Å². The molecule has 0 unspecified atom stereocenters. The highest BCUT2D eigenvalue weighted by atomic mass is 35.5. The van der Waals surface area contributed by atoms with Crippen molar-refractivity contribution in [1.29, 1.82) is 0 Å². The number of nitrogens with one attached hydrogen (secondary N) is 1. The summed E-state index contributed by atoms with van der Waals surface area (Å²) in [6, 6.07) is 3.71. The fourth-order valence-corrected chi connectivity index (χ4v) is 2.60. The van der Waals surface area contributed by atoms with E-state index < -0.39 is 4.92 Å². The highest BCUT2D eigenvalue weighted by molar-refractivity contribution is 8.03. The van der Waals surface area contributed by atoms with Crippen LogP contribution in [0.3, 0.4) is 0 Å². The predicted molar refractivity (Wildman–Crippen MR) is 91.4 cm³/mol. The summed E-state index contributed by atoms with van der Waals surface area (Å²) in [5.74, 6) is 0.860. The van der Waals surface area contributed by atoms with Crippen molar-refractivity contribution in [1.82, 2.24) is 15.2 Å². The van der Waals surface area contributed by atoms with Gasteiger partial charge in [-0.25, -0.2) is 4.98 Å². The van der Waals surface area contributed by atoms with Crippen molar-refractivity contribution in [2.45, 2.75) is 19.9 Å². The Bertz CT molecular complexity index is 496. The first kappa shape index (κ1) is 18.7. The molecule has 1 N–H and O–H groups in total. The highest BCUT2D eigenvalue weighted by Gasteiger charge is 2.05. The maximum atomic E-state index is 10.6. The minimum absolute atomic E-state index is 0.423. The first-order chi connectivity index (χ1) is 10.5. The number of pyridine rings is 1. The topological polar surface area (TPSA) is 71.3 Å². The smallest absolute Gasteiger partial charge is 0.263 e. The minimum Gasteiger partial charge on any atom is -0.374 e. The predicted octanol–water partition coefficient (Wildman–Crippen LogP) is 2.98. The van der Waals surface area contributed by atoms with Crippen LogP contribution in [-0.4, -0.2) is 40.7 Å². The molecule has 0 atom stereocenters. The Balaban J connectivity index is 2.37. The van der Waals surface area contributed by atoms with E-state index in [1.165, 1.54) is 11.8 Å². The van der Waals surface area contributed by atoms with Crippen LogP contribution in [0.2, 0.25) is 5.15 Å². The van der Waals surface area contributed by atoms with E-state index in [1.807, 2.05) is 20.0 Å². The van der Waals surface area contributed by atoms with Crippen LogP contribution >= 0.6 is 23.4 Å². The van der Waals surface area contributed by atoms with Gasteiger partial charge in [-0.1, -0.05) is 24.6 Å². The number of aromatic nitrogens is 1. The van der Waals surface area contributed by atoms with Crippen LogP contribution in [0.1, 0.15) is 18.9 Å². The van der Waals surface area contributed by atoms with Crippen LogP contribution in [0.25, 0.3) is 0 Å². The highest BCUT2D eigenvalue weighted by Crippen LogP contribution is 2.13. The Kier molecular flexibility index (Phi) is 8.88. The summed E-state index contributed by atoms with van der Waals surface area (Å²) in [7, 11) is 1.99. The van der Waals surface area contributed by atoms with E-state index in [2.05, 4.69) is 15.2 Å². The van der Waals surface area contributed by atoms with Crippen LogP contribution in [-0.2, 0) is 6.54 Å². The summed E-state index contributed by atoms with van der Waals surface area (Å²) >= 11 is 7.22. The lowest BCUT2D eigenvalue weighted by molar-refractivity contribution is -0.403. The van der Waals surface area contributed by atoms with Crippen LogP contribution < -0.4 is 5.32 Å². The quantitative estimate of drug-likeness (QED) is 0.399. The maximum Gasteiger partial charge on any atom is 0.263 e. The zero-order valence-electron chi connectivity index (χ0n) is 12.8. The van der Waals surface area contributed by atoms with E-state index in [4.69, 9.17) is 11.6 Å². The molecule has 0 spiro atoms. The molecular weight excluding hydrogens is 324 g/mol. The first-order valence-electron chi connectivity index (χ1n) is 7.02. The molecule has 0 aliphatic heterocycles. The second-order valence-electron chi connectivity index (χ2n) is 4.78. The molecule has 0 saturated carbocycles. The fraction of sp³-hybridized carbons (Fsp3) is 0.500. The van der Waals surface area contributed by atoms with Gasteiger partial charge in [-0.05, 0) is 30.9 Å². The van der Waals surface area contributed by atoms with E-state index in [-0.39, 0.29) is 0 Å². The molecule has 6 nitrogen and oxygen atoms in total. The largest absolute Gasteiger partial charge is 0.374 e. The van der Waals surface area contributed by atoms with Crippen molar-refractivity contribution >= 4 is 23.4 Å². The third kappa shape index (κ3) is 8.21. The monoisotopic (exact) mass is 344 g/mol. The molecule has 122 valence electrons. The van der Waals surface area contributed by atoms with E-state index >= 15 is 0 Å². The van der Waals surface area contributed by atoms with Gasteiger partial charge in [0.2, 0.25) is 0 Å². The van der Waals surface area contributed by atoms with Gasteiger partial charge in [0, 0.05) is 25.8 Å². The van der Waals surface area contributed by atoms with Crippen molar-refractivity contribution in [2.75, 3.05) is 25.9 Å². The van der Waals surface area contributed by atoms with Gasteiger partial charge in [0.25, 0.3) is 6.20 Å². The van der Waals surface area contributed by atoms with Gasteiger partial charge in [-0.2, -0.15) is 0 Å². The molecule has 0 radical (unpaired) electrons. The molecule has 0 aliphatic carbocycles. The Morgan fingerprint density at radius 2 is 2.36 bits per heavy atom. The standard InChI is InChI=1S/C14H21ClN4O2S/c1-3-8-22-14(11-19(20)21)16-6-7-18(2)10-12-4-5-13(15)17-9-12/h4-5,9,11,16H,3,6-8,10H2,1-2H3. The lowest BCUT2D eigenvalue weighted by atomic mass is 10.3. The molecule has 22 heavy (non-hydrogen) atoms. The molecule has 0 bridgehead atoms. The Morgan fingerprint density at radius 3 is 2.95 bits per heavy atom. The second-order valence-corrected chi connectivity index (χ2v) is 6.30. The first-order valence-corrected chi connectivity index (χ1v) is 8.38. The van der Waals surface area contributed by atoms with Crippen molar-refractivity contribution in [3.05, 3.63) is 50.4 Å². The van der Waals surface area contributed by atoms with Crippen LogP contribution in [0.4, 0.5) is 0 Å². The van der Waals surface area contributed by atoms with E-state index in [0.29, 0.717) is 16.7 Å². The molecule has 1 rings (SSSR count). The average Bonchev–Trinajstić information content (AvgIpc) is 2.46. The number of hydrogen-bond donors (Lipinski definition) is 1. The summed E-state index contributed by atoms with van der Waals surface area (Å²) in [5, 5.41) is 14.8. The number of thioether (sulfide) groups is 1. The maximum absolute atomic E-state index is 10.6. The van der Waals surface area contributed by atoms with Crippen molar-refractivity contribution < 1.29 is 4.92 Å². The third-order valence-corrected chi connectivity index (χ3v) is 4.11. The molecule has 1 aromatic rings. The third-order valence-electron chi connectivity index (χ3n) is 2.72. The number of rotatable bonds is 10. The number of nitro groups is 1. The van der Waals surface area contributed by atoms with Crippen molar-refractivity contribution in [2.24, 2.45) is 0 Å².